The van der Waals surface area contributed by atoms with Crippen LogP contribution >= 0.6 is 15.9 Å². The quantitative estimate of drug-likeness (QED) is 0.799. The van der Waals surface area contributed by atoms with Crippen LogP contribution in [0.4, 0.5) is 5.69 Å². The highest BCUT2D eigenvalue weighted by Gasteiger charge is 2.06. The molecule has 0 atom stereocenters. The van der Waals surface area contributed by atoms with Crippen molar-refractivity contribution >= 4 is 21.6 Å². The van der Waals surface area contributed by atoms with Crippen LogP contribution in [0.5, 0.6) is 5.75 Å². The van der Waals surface area contributed by atoms with Gasteiger partial charge in [-0.1, -0.05) is 18.2 Å². The molecule has 2 aromatic rings. The molecule has 1 heterocycles. The Kier molecular flexibility index (Phi) is 5.60. The number of ether oxygens (including phenoxy) is 1. The van der Waals surface area contributed by atoms with Crippen molar-refractivity contribution in [3.05, 3.63) is 50.3 Å². The number of anilines is 1. The summed E-state index contributed by atoms with van der Waals surface area (Å²) in [6.07, 6.45) is 2.47. The lowest BCUT2D eigenvalue weighted by Gasteiger charge is -2.12. The molecule has 0 unspecified atom stereocenters. The summed E-state index contributed by atoms with van der Waals surface area (Å²) in [5.41, 5.74) is 2.84. The van der Waals surface area contributed by atoms with Gasteiger partial charge in [0.25, 0.3) is 5.56 Å². The molecule has 0 aliphatic heterocycles. The van der Waals surface area contributed by atoms with Crippen LogP contribution in [-0.4, -0.2) is 22.9 Å². The third kappa shape index (κ3) is 3.88. The van der Waals surface area contributed by atoms with Crippen molar-refractivity contribution in [3.63, 3.8) is 0 Å². The summed E-state index contributed by atoms with van der Waals surface area (Å²) >= 11 is 3.29. The second kappa shape index (κ2) is 7.45. The lowest BCUT2D eigenvalue weighted by atomic mass is 10.1. The first-order chi connectivity index (χ1) is 10.5. The molecule has 0 spiro atoms. The fraction of sp³-hybridized carbons (Fsp3) is 0.375. The van der Waals surface area contributed by atoms with Crippen LogP contribution in [0.3, 0.4) is 0 Å². The van der Waals surface area contributed by atoms with Crippen LogP contribution in [0, 0.1) is 13.8 Å². The summed E-state index contributed by atoms with van der Waals surface area (Å²) in [4.78, 5) is 11.7. The van der Waals surface area contributed by atoms with Crippen molar-refractivity contribution in [2.24, 2.45) is 7.05 Å². The van der Waals surface area contributed by atoms with E-state index in [9.17, 15) is 4.79 Å². The van der Waals surface area contributed by atoms with Gasteiger partial charge < -0.3 is 10.1 Å². The van der Waals surface area contributed by atoms with Crippen molar-refractivity contribution < 1.29 is 4.74 Å². The van der Waals surface area contributed by atoms with E-state index in [1.165, 1.54) is 4.68 Å². The molecule has 2 rings (SSSR count). The molecule has 0 bridgehead atoms. The van der Waals surface area contributed by atoms with Gasteiger partial charge in [-0.15, -0.1) is 0 Å². The first-order valence-electron chi connectivity index (χ1n) is 7.15. The van der Waals surface area contributed by atoms with Crippen LogP contribution < -0.4 is 15.6 Å². The van der Waals surface area contributed by atoms with E-state index in [4.69, 9.17) is 4.74 Å². The maximum Gasteiger partial charge on any atom is 0.282 e. The predicted molar refractivity (Wildman–Crippen MR) is 91.7 cm³/mol. The summed E-state index contributed by atoms with van der Waals surface area (Å²) in [6, 6.07) is 6.12. The van der Waals surface area contributed by atoms with E-state index in [1.807, 2.05) is 32.0 Å². The molecule has 22 heavy (non-hydrogen) atoms. The SMILES string of the molecule is Cc1cccc(C)c1OCCCNc1cnn(C)c(=O)c1Br. The molecular formula is C16H20BrN3O2. The van der Waals surface area contributed by atoms with E-state index in [1.54, 1.807) is 13.2 Å². The number of aryl methyl sites for hydroxylation is 3. The van der Waals surface area contributed by atoms with Gasteiger partial charge in [0.2, 0.25) is 0 Å². The normalized spacial score (nSPS) is 10.5. The topological polar surface area (TPSA) is 56.1 Å². The van der Waals surface area contributed by atoms with E-state index >= 15 is 0 Å². The van der Waals surface area contributed by atoms with Gasteiger partial charge in [0, 0.05) is 13.6 Å². The number of aromatic nitrogens is 2. The molecule has 5 nitrogen and oxygen atoms in total. The molecule has 0 aliphatic rings. The number of nitrogens with zero attached hydrogens (tertiary/aromatic N) is 2. The van der Waals surface area contributed by atoms with Crippen LogP contribution in [0.25, 0.3) is 0 Å². The smallest absolute Gasteiger partial charge is 0.282 e. The second-order valence-corrected chi connectivity index (χ2v) is 5.94. The first-order valence-corrected chi connectivity index (χ1v) is 7.94. The minimum Gasteiger partial charge on any atom is -0.493 e. The molecule has 0 radical (unpaired) electrons. The van der Waals surface area contributed by atoms with E-state index in [2.05, 4.69) is 26.3 Å². The molecule has 0 saturated heterocycles. The van der Waals surface area contributed by atoms with Crippen molar-refractivity contribution in [1.82, 2.24) is 9.78 Å². The lowest BCUT2D eigenvalue weighted by molar-refractivity contribution is 0.311. The second-order valence-electron chi connectivity index (χ2n) is 5.15. The summed E-state index contributed by atoms with van der Waals surface area (Å²) in [5, 5.41) is 7.18. The fourth-order valence-corrected chi connectivity index (χ4v) is 2.63. The Morgan fingerprint density at radius 2 is 2.00 bits per heavy atom. The van der Waals surface area contributed by atoms with Gasteiger partial charge in [-0.3, -0.25) is 4.79 Å². The first kappa shape index (κ1) is 16.5. The highest BCUT2D eigenvalue weighted by molar-refractivity contribution is 9.10. The zero-order valence-corrected chi connectivity index (χ0v) is 14.6. The molecule has 6 heteroatoms. The Hall–Kier alpha value is -1.82. The Balaban J connectivity index is 1.83. The van der Waals surface area contributed by atoms with Crippen LogP contribution in [0.1, 0.15) is 17.5 Å². The lowest BCUT2D eigenvalue weighted by Crippen LogP contribution is -2.21. The zero-order valence-electron chi connectivity index (χ0n) is 13.0. The van der Waals surface area contributed by atoms with E-state index in [0.717, 1.165) is 23.3 Å². The zero-order chi connectivity index (χ0) is 16.1. The van der Waals surface area contributed by atoms with Gasteiger partial charge in [-0.2, -0.15) is 5.10 Å². The summed E-state index contributed by atoms with van der Waals surface area (Å²) in [6.45, 7) is 5.42. The average Bonchev–Trinajstić information content (AvgIpc) is 2.49. The van der Waals surface area contributed by atoms with Crippen LogP contribution in [-0.2, 0) is 7.05 Å². The molecule has 0 amide bonds. The number of benzene rings is 1. The summed E-state index contributed by atoms with van der Waals surface area (Å²) in [7, 11) is 1.62. The van der Waals surface area contributed by atoms with Crippen molar-refractivity contribution in [2.75, 3.05) is 18.5 Å². The van der Waals surface area contributed by atoms with Crippen molar-refractivity contribution in [2.45, 2.75) is 20.3 Å². The van der Waals surface area contributed by atoms with Gasteiger partial charge >= 0.3 is 0 Å². The standard InChI is InChI=1S/C16H20BrN3O2/c1-11-6-4-7-12(2)15(11)22-9-5-8-18-13-10-19-20(3)16(21)14(13)17/h4,6-7,10,18H,5,8-9H2,1-3H3. The average molecular weight is 366 g/mol. The molecule has 1 aromatic carbocycles. The van der Waals surface area contributed by atoms with Gasteiger partial charge in [0.1, 0.15) is 10.2 Å². The molecular weight excluding hydrogens is 346 g/mol. The number of hydrogen-bond donors (Lipinski definition) is 1. The number of nitrogens with one attached hydrogen (secondary N) is 1. The minimum atomic E-state index is -0.156. The van der Waals surface area contributed by atoms with Crippen LogP contribution in [0.15, 0.2) is 33.7 Å². The molecule has 0 aliphatic carbocycles. The maximum absolute atomic E-state index is 11.7. The minimum absolute atomic E-state index is 0.156. The van der Waals surface area contributed by atoms with Gasteiger partial charge in [-0.25, -0.2) is 4.68 Å². The molecule has 1 N–H and O–H groups in total. The van der Waals surface area contributed by atoms with Gasteiger partial charge in [-0.05, 0) is 47.3 Å². The highest BCUT2D eigenvalue weighted by Crippen LogP contribution is 2.22. The Bertz CT molecular complexity index is 693. The van der Waals surface area contributed by atoms with Crippen molar-refractivity contribution in [3.8, 4) is 5.75 Å². The number of hydrogen-bond acceptors (Lipinski definition) is 4. The fourth-order valence-electron chi connectivity index (χ4n) is 2.13. The Morgan fingerprint density at radius 3 is 2.68 bits per heavy atom. The van der Waals surface area contributed by atoms with Gasteiger partial charge in [0.15, 0.2) is 0 Å². The third-order valence-corrected chi connectivity index (χ3v) is 4.14. The number of halogens is 1. The molecule has 1 aromatic heterocycles. The highest BCUT2D eigenvalue weighted by atomic mass is 79.9. The summed E-state index contributed by atoms with van der Waals surface area (Å²) in [5.74, 6) is 0.957. The van der Waals surface area contributed by atoms with E-state index < -0.39 is 0 Å². The van der Waals surface area contributed by atoms with E-state index in [0.29, 0.717) is 23.3 Å². The van der Waals surface area contributed by atoms with Gasteiger partial charge in [0.05, 0.1) is 18.5 Å². The largest absolute Gasteiger partial charge is 0.493 e. The van der Waals surface area contributed by atoms with Crippen LogP contribution in [0.2, 0.25) is 0 Å². The maximum atomic E-state index is 11.7. The molecule has 118 valence electrons. The van der Waals surface area contributed by atoms with E-state index in [-0.39, 0.29) is 5.56 Å². The molecule has 0 saturated carbocycles. The Labute approximate surface area is 138 Å². The number of para-hydroxylation sites is 1. The Morgan fingerprint density at radius 1 is 1.32 bits per heavy atom. The summed E-state index contributed by atoms with van der Waals surface area (Å²) < 4.78 is 7.64. The van der Waals surface area contributed by atoms with Crippen molar-refractivity contribution in [1.29, 1.82) is 0 Å². The predicted octanol–water partition coefficient (Wildman–Crippen LogP) is 3.04. The molecule has 0 fully saturated rings. The number of rotatable bonds is 6. The third-order valence-electron chi connectivity index (χ3n) is 3.37. The monoisotopic (exact) mass is 365 g/mol.